The summed E-state index contributed by atoms with van der Waals surface area (Å²) in [5, 5.41) is 20.2. The van der Waals surface area contributed by atoms with E-state index in [-0.39, 0.29) is 33.8 Å². The minimum atomic E-state index is -5.96. The third-order valence-corrected chi connectivity index (χ3v) is 6.20. The fraction of sp³-hybridized carbons (Fsp3) is 0.333. The zero-order chi connectivity index (χ0) is 25.9. The fourth-order valence-corrected chi connectivity index (χ4v) is 4.54. The lowest BCUT2D eigenvalue weighted by atomic mass is 9.62. The van der Waals surface area contributed by atoms with Gasteiger partial charge in [-0.1, -0.05) is 24.3 Å². The third kappa shape index (κ3) is 3.54. The molecule has 1 aliphatic rings. The largest absolute Gasteiger partial charge is 0.507 e. The van der Waals surface area contributed by atoms with Crippen molar-refractivity contribution >= 4 is 0 Å². The van der Waals surface area contributed by atoms with Crippen molar-refractivity contribution in [3.8, 4) is 11.5 Å². The highest BCUT2D eigenvalue weighted by Gasteiger charge is 2.72. The summed E-state index contributed by atoms with van der Waals surface area (Å²) in [6, 6.07) is 4.01. The first-order valence-corrected chi connectivity index (χ1v) is 9.99. The lowest BCUT2D eigenvalue weighted by molar-refractivity contribution is -0.240. The zero-order valence-corrected chi connectivity index (χ0v) is 18.4. The number of hydrogen-bond acceptors (Lipinski definition) is 2. The van der Waals surface area contributed by atoms with Crippen LogP contribution >= 0.6 is 0 Å². The van der Waals surface area contributed by atoms with Crippen molar-refractivity contribution in [3.05, 3.63) is 81.0 Å². The molecular formula is C24H20F8O2. The Morgan fingerprint density at radius 2 is 1.09 bits per heavy atom. The Hall–Kier alpha value is -3.04. The molecule has 1 aliphatic carbocycles. The first-order chi connectivity index (χ1) is 15.6. The van der Waals surface area contributed by atoms with E-state index in [0.717, 1.165) is 24.3 Å². The minimum absolute atomic E-state index is 0.0304. The Bertz CT molecular complexity index is 1120. The highest BCUT2D eigenvalue weighted by Crippen LogP contribution is 2.64. The predicted molar refractivity (Wildman–Crippen MR) is 109 cm³/mol. The summed E-state index contributed by atoms with van der Waals surface area (Å²) in [7, 11) is 0. The van der Waals surface area contributed by atoms with Gasteiger partial charge in [0, 0.05) is 5.92 Å². The third-order valence-electron chi connectivity index (χ3n) is 6.20. The van der Waals surface area contributed by atoms with Crippen molar-refractivity contribution in [2.75, 3.05) is 0 Å². The van der Waals surface area contributed by atoms with E-state index in [4.69, 9.17) is 0 Å². The van der Waals surface area contributed by atoms with Crippen LogP contribution < -0.4 is 0 Å². The molecule has 0 spiro atoms. The zero-order valence-electron chi connectivity index (χ0n) is 18.4. The van der Waals surface area contributed by atoms with Crippen molar-refractivity contribution in [1.29, 1.82) is 0 Å². The number of aromatic hydroxyl groups is 2. The van der Waals surface area contributed by atoms with Gasteiger partial charge >= 0.3 is 6.18 Å². The summed E-state index contributed by atoms with van der Waals surface area (Å²) in [6.45, 7) is 5.27. The highest BCUT2D eigenvalue weighted by atomic mass is 19.4. The second-order valence-electron chi connectivity index (χ2n) is 8.46. The summed E-state index contributed by atoms with van der Waals surface area (Å²) >= 11 is 0. The second-order valence-corrected chi connectivity index (χ2v) is 8.46. The van der Waals surface area contributed by atoms with Crippen LogP contribution in [0, 0.1) is 33.1 Å². The standard InChI is InChI=1S/C24H20F8O2/c1-9-5-13(6-10(2)19(9)33)15(14-7-11(3)20(34)12(4)8-14)23(24(30,31)32)21(28)17(26)16(25)18(27)22(23)29/h5-8,15,21,33-34H,1-4H3. The molecule has 0 aliphatic heterocycles. The van der Waals surface area contributed by atoms with E-state index in [9.17, 15) is 36.6 Å². The van der Waals surface area contributed by atoms with Crippen LogP contribution in [0.25, 0.3) is 0 Å². The van der Waals surface area contributed by atoms with Gasteiger partial charge in [-0.25, -0.2) is 22.0 Å². The second kappa shape index (κ2) is 8.32. The Morgan fingerprint density at radius 1 is 0.735 bits per heavy atom. The lowest BCUT2D eigenvalue weighted by Crippen LogP contribution is -2.53. The molecule has 3 rings (SSSR count). The van der Waals surface area contributed by atoms with Crippen molar-refractivity contribution in [3.63, 3.8) is 0 Å². The Kier molecular flexibility index (Phi) is 6.26. The molecule has 2 aromatic carbocycles. The van der Waals surface area contributed by atoms with Crippen molar-refractivity contribution in [2.24, 2.45) is 5.41 Å². The molecule has 2 N–H and O–H groups in total. The van der Waals surface area contributed by atoms with E-state index in [1.54, 1.807) is 0 Å². The molecule has 34 heavy (non-hydrogen) atoms. The van der Waals surface area contributed by atoms with Gasteiger partial charge in [0.1, 0.15) is 11.5 Å². The van der Waals surface area contributed by atoms with Crippen LogP contribution in [0.1, 0.15) is 39.3 Å². The number of hydrogen-bond donors (Lipinski definition) is 2. The molecule has 0 radical (unpaired) electrons. The number of benzene rings is 2. The summed E-state index contributed by atoms with van der Waals surface area (Å²) in [4.78, 5) is 0. The number of aryl methyl sites for hydroxylation is 4. The van der Waals surface area contributed by atoms with Gasteiger partial charge in [0.05, 0.1) is 0 Å². The van der Waals surface area contributed by atoms with E-state index in [0.29, 0.717) is 0 Å². The molecular weight excluding hydrogens is 472 g/mol. The number of rotatable bonds is 3. The van der Waals surface area contributed by atoms with Gasteiger partial charge in [0.2, 0.25) is 0 Å². The van der Waals surface area contributed by atoms with E-state index in [2.05, 4.69) is 0 Å². The Labute approximate surface area is 189 Å². The molecule has 0 fully saturated rings. The van der Waals surface area contributed by atoms with Crippen LogP contribution in [0.15, 0.2) is 47.6 Å². The average molecular weight is 492 g/mol. The van der Waals surface area contributed by atoms with Crippen LogP contribution in [0.5, 0.6) is 11.5 Å². The van der Waals surface area contributed by atoms with E-state index < -0.39 is 58.1 Å². The van der Waals surface area contributed by atoms with Gasteiger partial charge in [-0.05, 0) is 61.1 Å². The maximum atomic E-state index is 15.3. The monoisotopic (exact) mass is 492 g/mol. The number of phenols is 2. The summed E-state index contributed by atoms with van der Waals surface area (Å²) < 4.78 is 117. The van der Waals surface area contributed by atoms with Gasteiger partial charge in [-0.15, -0.1) is 0 Å². The molecule has 2 aromatic rings. The normalized spacial score (nSPS) is 21.6. The molecule has 2 unspecified atom stereocenters. The quantitative estimate of drug-likeness (QED) is 0.432. The van der Waals surface area contributed by atoms with E-state index in [1.165, 1.54) is 27.7 Å². The summed E-state index contributed by atoms with van der Waals surface area (Å²) in [5.74, 6) is -14.1. The van der Waals surface area contributed by atoms with Crippen molar-refractivity contribution < 1.29 is 45.3 Å². The molecule has 0 aromatic heterocycles. The predicted octanol–water partition coefficient (Wildman–Crippen LogP) is 7.66. The Balaban J connectivity index is 2.56. The van der Waals surface area contributed by atoms with Crippen LogP contribution in [0.2, 0.25) is 0 Å². The van der Waals surface area contributed by atoms with Crippen molar-refractivity contribution in [1.82, 2.24) is 0 Å². The molecule has 184 valence electrons. The summed E-state index contributed by atoms with van der Waals surface area (Å²) in [6.07, 6.45) is -9.93. The number of allylic oxidation sites excluding steroid dienone is 4. The topological polar surface area (TPSA) is 40.5 Å². The maximum absolute atomic E-state index is 15.3. The van der Waals surface area contributed by atoms with Gasteiger partial charge in [-0.3, -0.25) is 0 Å². The van der Waals surface area contributed by atoms with Crippen LogP contribution in [-0.4, -0.2) is 22.6 Å². The van der Waals surface area contributed by atoms with Crippen LogP contribution in [0.3, 0.4) is 0 Å². The minimum Gasteiger partial charge on any atom is -0.507 e. The van der Waals surface area contributed by atoms with Crippen LogP contribution in [0.4, 0.5) is 35.1 Å². The molecule has 0 bridgehead atoms. The SMILES string of the molecule is Cc1cc(C(c2cc(C)c(O)c(C)c2)C2(C(F)(F)F)C(F)=C(F)C(F)=C(F)C2F)cc(C)c1O. The van der Waals surface area contributed by atoms with Gasteiger partial charge in [0.25, 0.3) is 0 Å². The fourth-order valence-electron chi connectivity index (χ4n) is 4.54. The maximum Gasteiger partial charge on any atom is 0.405 e. The first kappa shape index (κ1) is 25.6. The number of alkyl halides is 4. The van der Waals surface area contributed by atoms with Gasteiger partial charge in [0.15, 0.2) is 34.9 Å². The summed E-state index contributed by atoms with van der Waals surface area (Å²) in [5.41, 5.74) is -5.27. The van der Waals surface area contributed by atoms with E-state index >= 15 is 8.78 Å². The van der Waals surface area contributed by atoms with Gasteiger partial charge in [-0.2, -0.15) is 13.2 Å². The molecule has 0 heterocycles. The molecule has 2 atom stereocenters. The first-order valence-electron chi connectivity index (χ1n) is 9.99. The molecule has 0 saturated carbocycles. The number of phenolic OH excluding ortho intramolecular Hbond substituents is 2. The Morgan fingerprint density at radius 3 is 1.41 bits per heavy atom. The lowest BCUT2D eigenvalue weighted by Gasteiger charge is -2.44. The smallest absolute Gasteiger partial charge is 0.405 e. The van der Waals surface area contributed by atoms with E-state index in [1.807, 2.05) is 0 Å². The van der Waals surface area contributed by atoms with Crippen molar-refractivity contribution in [2.45, 2.75) is 46.0 Å². The average Bonchev–Trinajstić information content (AvgIpc) is 2.74. The molecule has 10 heteroatoms. The molecule has 0 saturated heterocycles. The van der Waals surface area contributed by atoms with Gasteiger partial charge < -0.3 is 10.2 Å². The highest BCUT2D eigenvalue weighted by molar-refractivity contribution is 5.54. The molecule has 0 amide bonds. The number of halogens is 8. The molecule has 2 nitrogen and oxygen atoms in total. The van der Waals surface area contributed by atoms with Crippen LogP contribution in [-0.2, 0) is 0 Å².